The van der Waals surface area contributed by atoms with Crippen LogP contribution in [0.15, 0.2) is 11.6 Å². The third-order valence-electron chi connectivity index (χ3n) is 1.75. The predicted molar refractivity (Wildman–Crippen MR) is 50.2 cm³/mol. The molecule has 70 valence electrons. The van der Waals surface area contributed by atoms with Crippen LogP contribution >= 0.6 is 0 Å². The number of hydrogen-bond donors (Lipinski definition) is 1. The molecular weight excluding hydrogens is 152 g/mol. The Kier molecular flexibility index (Phi) is 6.44. The largest absolute Gasteiger partial charge is 0.478 e. The zero-order valence-corrected chi connectivity index (χ0v) is 7.97. The molecule has 0 radical (unpaired) electrons. The first-order valence-electron chi connectivity index (χ1n) is 4.64. The van der Waals surface area contributed by atoms with Gasteiger partial charge in [0, 0.05) is 5.57 Å². The maximum Gasteiger partial charge on any atom is 0.331 e. The monoisotopic (exact) mass is 170 g/mol. The molecule has 0 saturated heterocycles. The summed E-state index contributed by atoms with van der Waals surface area (Å²) in [6, 6.07) is 0. The van der Waals surface area contributed by atoms with E-state index in [4.69, 9.17) is 5.11 Å². The van der Waals surface area contributed by atoms with Gasteiger partial charge in [-0.1, -0.05) is 32.8 Å². The van der Waals surface area contributed by atoms with E-state index in [0.29, 0.717) is 12.0 Å². The van der Waals surface area contributed by atoms with Crippen LogP contribution < -0.4 is 0 Å². The highest BCUT2D eigenvalue weighted by Crippen LogP contribution is 2.09. The molecule has 0 heterocycles. The maximum absolute atomic E-state index is 10.6. The Morgan fingerprint density at radius 3 is 2.42 bits per heavy atom. The Bertz CT molecular complexity index is 159. The molecule has 0 aromatic rings. The molecule has 0 bridgehead atoms. The Morgan fingerprint density at radius 1 is 1.33 bits per heavy atom. The molecule has 0 aromatic carbocycles. The van der Waals surface area contributed by atoms with Crippen molar-refractivity contribution >= 4 is 5.97 Å². The first kappa shape index (κ1) is 11.2. The van der Waals surface area contributed by atoms with Crippen molar-refractivity contribution in [1.82, 2.24) is 0 Å². The van der Waals surface area contributed by atoms with Crippen molar-refractivity contribution in [3.8, 4) is 0 Å². The van der Waals surface area contributed by atoms with Crippen molar-refractivity contribution in [2.24, 2.45) is 0 Å². The van der Waals surface area contributed by atoms with Gasteiger partial charge in [0.25, 0.3) is 0 Å². The minimum atomic E-state index is -0.753. The van der Waals surface area contributed by atoms with Gasteiger partial charge < -0.3 is 5.11 Å². The van der Waals surface area contributed by atoms with E-state index in [-0.39, 0.29) is 0 Å². The molecule has 0 atom stereocenters. The highest BCUT2D eigenvalue weighted by Gasteiger charge is 2.04. The summed E-state index contributed by atoms with van der Waals surface area (Å²) in [4.78, 5) is 10.6. The molecule has 0 unspecified atom stereocenters. The summed E-state index contributed by atoms with van der Waals surface area (Å²) < 4.78 is 0. The highest BCUT2D eigenvalue weighted by atomic mass is 16.4. The lowest BCUT2D eigenvalue weighted by atomic mass is 10.1. The fourth-order valence-electron chi connectivity index (χ4n) is 0.982. The van der Waals surface area contributed by atoms with Crippen LogP contribution in [0.3, 0.4) is 0 Å². The van der Waals surface area contributed by atoms with Gasteiger partial charge in [0.2, 0.25) is 0 Å². The van der Waals surface area contributed by atoms with E-state index in [1.807, 2.05) is 6.08 Å². The van der Waals surface area contributed by atoms with Crippen LogP contribution in [0, 0.1) is 0 Å². The minimum Gasteiger partial charge on any atom is -0.478 e. The molecular formula is C10H18O2. The first-order chi connectivity index (χ1) is 5.72. The Morgan fingerprint density at radius 2 is 2.00 bits per heavy atom. The first-order valence-corrected chi connectivity index (χ1v) is 4.64. The SMILES string of the molecule is CCC/C=C(/CCCC)C(=O)O. The minimum absolute atomic E-state index is 0.582. The van der Waals surface area contributed by atoms with Gasteiger partial charge in [-0.3, -0.25) is 0 Å². The molecule has 0 amide bonds. The number of aliphatic carboxylic acids is 1. The number of rotatable bonds is 6. The molecule has 0 aliphatic carbocycles. The van der Waals surface area contributed by atoms with Crippen LogP contribution in [-0.4, -0.2) is 11.1 Å². The number of carboxylic acids is 1. The van der Waals surface area contributed by atoms with E-state index >= 15 is 0 Å². The fraction of sp³-hybridized carbons (Fsp3) is 0.700. The van der Waals surface area contributed by atoms with Crippen molar-refractivity contribution in [2.45, 2.75) is 46.0 Å². The van der Waals surface area contributed by atoms with Gasteiger partial charge in [0.05, 0.1) is 0 Å². The average Bonchev–Trinajstić information content (AvgIpc) is 2.04. The summed E-state index contributed by atoms with van der Waals surface area (Å²) in [5.74, 6) is -0.753. The second-order valence-corrected chi connectivity index (χ2v) is 2.93. The number of allylic oxidation sites excluding steroid dienone is 1. The van der Waals surface area contributed by atoms with Gasteiger partial charge >= 0.3 is 5.97 Å². The molecule has 0 rings (SSSR count). The van der Waals surface area contributed by atoms with Crippen molar-refractivity contribution < 1.29 is 9.90 Å². The van der Waals surface area contributed by atoms with E-state index in [9.17, 15) is 4.79 Å². The summed E-state index contributed by atoms with van der Waals surface area (Å²) in [6.45, 7) is 4.12. The lowest BCUT2D eigenvalue weighted by Gasteiger charge is -1.99. The molecule has 0 fully saturated rings. The van der Waals surface area contributed by atoms with Gasteiger partial charge in [-0.25, -0.2) is 4.79 Å². The van der Waals surface area contributed by atoms with Crippen LogP contribution in [0.25, 0.3) is 0 Å². The zero-order valence-electron chi connectivity index (χ0n) is 7.97. The molecule has 0 aromatic heterocycles. The number of unbranched alkanes of at least 4 members (excludes halogenated alkanes) is 2. The van der Waals surface area contributed by atoms with Crippen molar-refractivity contribution in [3.05, 3.63) is 11.6 Å². The van der Waals surface area contributed by atoms with Gasteiger partial charge in [0.1, 0.15) is 0 Å². The van der Waals surface area contributed by atoms with Crippen LogP contribution in [-0.2, 0) is 4.79 Å². The Labute approximate surface area is 74.3 Å². The van der Waals surface area contributed by atoms with E-state index in [0.717, 1.165) is 25.7 Å². The maximum atomic E-state index is 10.6. The fourth-order valence-corrected chi connectivity index (χ4v) is 0.982. The van der Waals surface area contributed by atoms with Gasteiger partial charge in [-0.15, -0.1) is 0 Å². The summed E-state index contributed by atoms with van der Waals surface area (Å²) in [5.41, 5.74) is 0.582. The molecule has 0 aliphatic heterocycles. The average molecular weight is 170 g/mol. The summed E-state index contributed by atoms with van der Waals surface area (Å²) in [5, 5.41) is 8.76. The van der Waals surface area contributed by atoms with E-state index < -0.39 is 5.97 Å². The molecule has 0 aliphatic rings. The third-order valence-corrected chi connectivity index (χ3v) is 1.75. The Balaban J connectivity index is 3.94. The van der Waals surface area contributed by atoms with Crippen molar-refractivity contribution in [2.75, 3.05) is 0 Å². The van der Waals surface area contributed by atoms with Crippen molar-refractivity contribution in [3.63, 3.8) is 0 Å². The molecule has 0 saturated carbocycles. The second kappa shape index (κ2) is 6.89. The lowest BCUT2D eigenvalue weighted by molar-refractivity contribution is -0.132. The standard InChI is InChI=1S/C10H18O2/c1-3-5-7-9(10(11)12)8-6-4-2/h7H,3-6,8H2,1-2H3,(H,11,12)/b9-7-. The van der Waals surface area contributed by atoms with Crippen molar-refractivity contribution in [1.29, 1.82) is 0 Å². The summed E-state index contributed by atoms with van der Waals surface area (Å²) in [6.07, 6.45) is 6.48. The number of hydrogen-bond acceptors (Lipinski definition) is 1. The quantitative estimate of drug-likeness (QED) is 0.622. The predicted octanol–water partition coefficient (Wildman–Crippen LogP) is 2.99. The van der Waals surface area contributed by atoms with Crippen LogP contribution in [0.5, 0.6) is 0 Å². The molecule has 2 nitrogen and oxygen atoms in total. The molecule has 2 heteroatoms. The van der Waals surface area contributed by atoms with Crippen LogP contribution in [0.4, 0.5) is 0 Å². The second-order valence-electron chi connectivity index (χ2n) is 2.93. The van der Waals surface area contributed by atoms with Gasteiger partial charge in [0.15, 0.2) is 0 Å². The topological polar surface area (TPSA) is 37.3 Å². The van der Waals surface area contributed by atoms with E-state index in [1.165, 1.54) is 0 Å². The van der Waals surface area contributed by atoms with Crippen LogP contribution in [0.2, 0.25) is 0 Å². The smallest absolute Gasteiger partial charge is 0.331 e. The molecule has 1 N–H and O–H groups in total. The zero-order chi connectivity index (χ0) is 9.40. The normalized spacial score (nSPS) is 11.7. The number of carbonyl (C=O) groups is 1. The van der Waals surface area contributed by atoms with Crippen LogP contribution in [0.1, 0.15) is 46.0 Å². The lowest BCUT2D eigenvalue weighted by Crippen LogP contribution is -2.00. The number of carboxylic acid groups (broad SMARTS) is 1. The molecule has 0 spiro atoms. The van der Waals surface area contributed by atoms with E-state index in [1.54, 1.807) is 0 Å². The molecule has 12 heavy (non-hydrogen) atoms. The summed E-state index contributed by atoms with van der Waals surface area (Å²) in [7, 11) is 0. The Hall–Kier alpha value is -0.790. The summed E-state index contributed by atoms with van der Waals surface area (Å²) >= 11 is 0. The highest BCUT2D eigenvalue weighted by molar-refractivity contribution is 5.86. The third kappa shape index (κ3) is 4.94. The van der Waals surface area contributed by atoms with Gasteiger partial charge in [-0.05, 0) is 19.3 Å². The van der Waals surface area contributed by atoms with Gasteiger partial charge in [-0.2, -0.15) is 0 Å². The van der Waals surface area contributed by atoms with E-state index in [2.05, 4.69) is 13.8 Å².